The molecule has 1 aromatic carbocycles. The number of rotatable bonds is 2. The molecule has 0 atom stereocenters. The zero-order chi connectivity index (χ0) is 16.7. The molecule has 0 unspecified atom stereocenters. The number of aryl methyl sites for hydroxylation is 1. The zero-order valence-corrected chi connectivity index (χ0v) is 13.2. The highest BCUT2D eigenvalue weighted by Crippen LogP contribution is 2.30. The van der Waals surface area contributed by atoms with Gasteiger partial charge in [0.15, 0.2) is 5.78 Å². The number of imidazole rings is 1. The van der Waals surface area contributed by atoms with Crippen LogP contribution >= 0.6 is 0 Å². The van der Waals surface area contributed by atoms with E-state index in [0.717, 1.165) is 33.7 Å². The molecule has 1 aliphatic rings. The molecule has 2 N–H and O–H groups in total. The second kappa shape index (κ2) is 5.45. The molecule has 2 heterocycles. The number of allylic oxidation sites excluding steroid dienone is 1. The van der Waals surface area contributed by atoms with E-state index in [1.54, 1.807) is 18.7 Å². The number of hydrogen-bond donors (Lipinski definition) is 1. The highest BCUT2D eigenvalue weighted by Gasteiger charge is 2.25. The fraction of sp³-hybridized carbons (Fsp3) is 0.105. The average Bonchev–Trinajstić information content (AvgIpc) is 3.12. The summed E-state index contributed by atoms with van der Waals surface area (Å²) in [5.74, 6) is 5.75. The SMILES string of the molecule is Cc1cc2c(cn1)C(=O)/C(=C/c1ccccc1-c1cn(N)cn1)C2. The largest absolute Gasteiger partial charge is 0.338 e. The molecule has 0 saturated heterocycles. The van der Waals surface area contributed by atoms with Crippen molar-refractivity contribution in [2.45, 2.75) is 13.3 Å². The molecule has 0 saturated carbocycles. The van der Waals surface area contributed by atoms with E-state index in [1.807, 2.05) is 43.3 Å². The number of carbonyl (C=O) groups excluding carboxylic acids is 1. The maximum absolute atomic E-state index is 12.6. The first-order valence-corrected chi connectivity index (χ1v) is 7.71. The Balaban J connectivity index is 1.77. The maximum Gasteiger partial charge on any atom is 0.191 e. The van der Waals surface area contributed by atoms with Gasteiger partial charge in [-0.1, -0.05) is 24.3 Å². The summed E-state index contributed by atoms with van der Waals surface area (Å²) in [4.78, 5) is 21.2. The Hall–Kier alpha value is -3.21. The van der Waals surface area contributed by atoms with Gasteiger partial charge in [-0.25, -0.2) is 4.98 Å². The second-order valence-electron chi connectivity index (χ2n) is 5.95. The first-order valence-electron chi connectivity index (χ1n) is 7.71. The zero-order valence-electron chi connectivity index (χ0n) is 13.2. The molecule has 0 amide bonds. The topological polar surface area (TPSA) is 73.8 Å². The first-order chi connectivity index (χ1) is 11.6. The smallest absolute Gasteiger partial charge is 0.191 e. The monoisotopic (exact) mass is 316 g/mol. The summed E-state index contributed by atoms with van der Waals surface area (Å²) in [6.45, 7) is 1.94. The minimum absolute atomic E-state index is 0.0525. The fourth-order valence-electron chi connectivity index (χ4n) is 3.06. The fourth-order valence-corrected chi connectivity index (χ4v) is 3.06. The maximum atomic E-state index is 12.6. The van der Waals surface area contributed by atoms with Gasteiger partial charge in [-0.2, -0.15) is 0 Å². The van der Waals surface area contributed by atoms with E-state index in [2.05, 4.69) is 9.97 Å². The van der Waals surface area contributed by atoms with Crippen LogP contribution < -0.4 is 5.84 Å². The van der Waals surface area contributed by atoms with Crippen molar-refractivity contribution in [1.82, 2.24) is 14.6 Å². The summed E-state index contributed by atoms with van der Waals surface area (Å²) < 4.78 is 1.42. The molecule has 5 nitrogen and oxygen atoms in total. The molecule has 24 heavy (non-hydrogen) atoms. The number of benzene rings is 1. The summed E-state index contributed by atoms with van der Waals surface area (Å²) in [6.07, 6.45) is 7.58. The Morgan fingerprint density at radius 3 is 2.83 bits per heavy atom. The van der Waals surface area contributed by atoms with E-state index in [9.17, 15) is 4.79 Å². The van der Waals surface area contributed by atoms with E-state index in [0.29, 0.717) is 12.0 Å². The number of Topliss-reactive ketones (excluding diaryl/α,β-unsaturated/α-hetero) is 1. The van der Waals surface area contributed by atoms with Crippen molar-refractivity contribution in [2.24, 2.45) is 0 Å². The molecular weight excluding hydrogens is 300 g/mol. The Bertz CT molecular complexity index is 985. The van der Waals surface area contributed by atoms with Gasteiger partial charge in [-0.15, -0.1) is 0 Å². The molecule has 0 bridgehead atoms. The van der Waals surface area contributed by atoms with Crippen molar-refractivity contribution in [2.75, 3.05) is 5.84 Å². The van der Waals surface area contributed by atoms with Gasteiger partial charge in [0.2, 0.25) is 0 Å². The van der Waals surface area contributed by atoms with E-state index in [1.165, 1.54) is 4.68 Å². The molecule has 0 aliphatic heterocycles. The molecule has 5 heteroatoms. The minimum atomic E-state index is 0.0525. The lowest BCUT2D eigenvalue weighted by Crippen LogP contribution is -2.02. The number of carbonyl (C=O) groups is 1. The number of nitrogens with zero attached hydrogens (tertiary/aromatic N) is 3. The van der Waals surface area contributed by atoms with E-state index in [-0.39, 0.29) is 5.78 Å². The van der Waals surface area contributed by atoms with Gasteiger partial charge in [-0.3, -0.25) is 14.5 Å². The van der Waals surface area contributed by atoms with Gasteiger partial charge < -0.3 is 5.84 Å². The van der Waals surface area contributed by atoms with Crippen molar-refractivity contribution in [3.05, 3.63) is 77.0 Å². The van der Waals surface area contributed by atoms with E-state index >= 15 is 0 Å². The van der Waals surface area contributed by atoms with Crippen molar-refractivity contribution >= 4 is 11.9 Å². The number of ketones is 1. The Morgan fingerprint density at radius 2 is 2.04 bits per heavy atom. The third-order valence-electron chi connectivity index (χ3n) is 4.21. The van der Waals surface area contributed by atoms with Crippen LogP contribution in [0.5, 0.6) is 0 Å². The summed E-state index contributed by atoms with van der Waals surface area (Å²) in [5, 5.41) is 0. The van der Waals surface area contributed by atoms with Gasteiger partial charge in [-0.05, 0) is 30.2 Å². The highest BCUT2D eigenvalue weighted by atomic mass is 16.1. The predicted octanol–water partition coefficient (Wildman–Crippen LogP) is 2.79. The van der Waals surface area contributed by atoms with E-state index < -0.39 is 0 Å². The summed E-state index contributed by atoms with van der Waals surface area (Å²) >= 11 is 0. The van der Waals surface area contributed by atoms with Crippen molar-refractivity contribution in [3.8, 4) is 11.3 Å². The van der Waals surface area contributed by atoms with Crippen molar-refractivity contribution in [3.63, 3.8) is 0 Å². The summed E-state index contributed by atoms with van der Waals surface area (Å²) in [5.41, 5.74) is 6.14. The van der Waals surface area contributed by atoms with Gasteiger partial charge in [0.1, 0.15) is 6.33 Å². The van der Waals surface area contributed by atoms with Gasteiger partial charge in [0.05, 0.1) is 11.9 Å². The number of nitrogen functional groups attached to an aromatic ring is 1. The molecule has 1 aliphatic carbocycles. The normalized spacial score (nSPS) is 15.0. The predicted molar refractivity (Wildman–Crippen MR) is 92.8 cm³/mol. The van der Waals surface area contributed by atoms with Crippen LogP contribution in [-0.4, -0.2) is 20.4 Å². The van der Waals surface area contributed by atoms with Crippen LogP contribution in [-0.2, 0) is 6.42 Å². The molecule has 0 fully saturated rings. The van der Waals surface area contributed by atoms with Crippen LogP contribution in [0.25, 0.3) is 17.3 Å². The lowest BCUT2D eigenvalue weighted by atomic mass is 10.0. The Kier molecular flexibility index (Phi) is 3.27. The third-order valence-corrected chi connectivity index (χ3v) is 4.21. The molecular formula is C19H16N4O. The minimum Gasteiger partial charge on any atom is -0.338 e. The van der Waals surface area contributed by atoms with Crippen LogP contribution in [0.2, 0.25) is 0 Å². The van der Waals surface area contributed by atoms with Gasteiger partial charge in [0.25, 0.3) is 0 Å². The number of nitrogens with two attached hydrogens (primary N) is 1. The summed E-state index contributed by atoms with van der Waals surface area (Å²) in [7, 11) is 0. The van der Waals surface area contributed by atoms with Crippen LogP contribution in [0, 0.1) is 6.92 Å². The highest BCUT2D eigenvalue weighted by molar-refractivity contribution is 6.15. The standard InChI is InChI=1S/C19H16N4O/c1-12-6-14-8-15(19(24)17(14)9-21-12)7-13-4-2-3-5-16(13)18-10-23(20)11-22-18/h2-7,9-11H,8,20H2,1H3/b15-7+. The molecule has 2 aromatic heterocycles. The molecule has 4 rings (SSSR count). The molecule has 0 spiro atoms. The van der Waals surface area contributed by atoms with Crippen molar-refractivity contribution in [1.29, 1.82) is 0 Å². The second-order valence-corrected chi connectivity index (χ2v) is 5.95. The third kappa shape index (κ3) is 2.40. The summed E-state index contributed by atoms with van der Waals surface area (Å²) in [6, 6.07) is 9.85. The van der Waals surface area contributed by atoms with Crippen LogP contribution in [0.15, 0.2) is 54.6 Å². The van der Waals surface area contributed by atoms with E-state index in [4.69, 9.17) is 5.84 Å². The Morgan fingerprint density at radius 1 is 1.21 bits per heavy atom. The van der Waals surface area contributed by atoms with Crippen molar-refractivity contribution < 1.29 is 4.79 Å². The number of hydrogen-bond acceptors (Lipinski definition) is 4. The van der Waals surface area contributed by atoms with Gasteiger partial charge >= 0.3 is 0 Å². The lowest BCUT2D eigenvalue weighted by molar-refractivity contribution is 0.104. The Labute approximate surface area is 139 Å². The van der Waals surface area contributed by atoms with Crippen LogP contribution in [0.4, 0.5) is 0 Å². The van der Waals surface area contributed by atoms with Crippen LogP contribution in [0.3, 0.4) is 0 Å². The lowest BCUT2D eigenvalue weighted by Gasteiger charge is -2.04. The first kappa shape index (κ1) is 14.4. The average molecular weight is 316 g/mol. The molecule has 0 radical (unpaired) electrons. The quantitative estimate of drug-likeness (QED) is 0.583. The molecule has 118 valence electrons. The number of pyridine rings is 1. The van der Waals surface area contributed by atoms with Gasteiger partial charge in [0, 0.05) is 35.0 Å². The van der Waals surface area contributed by atoms with Crippen LogP contribution in [0.1, 0.15) is 27.2 Å². The number of aromatic nitrogens is 3. The molecule has 3 aromatic rings. The number of fused-ring (bicyclic) bond motifs is 1.